The van der Waals surface area contributed by atoms with Gasteiger partial charge in [-0.15, -0.1) is 0 Å². The topological polar surface area (TPSA) is 66.0 Å². The lowest BCUT2D eigenvalue weighted by atomic mass is 9.67. The molecule has 35 heavy (non-hydrogen) atoms. The van der Waals surface area contributed by atoms with Crippen molar-refractivity contribution >= 4 is 11.7 Å². The molecule has 0 bridgehead atoms. The van der Waals surface area contributed by atoms with Crippen molar-refractivity contribution in [2.45, 2.75) is 31.3 Å². The zero-order valence-corrected chi connectivity index (χ0v) is 21.0. The fourth-order valence-electron chi connectivity index (χ4n) is 5.09. The molecule has 0 saturated carbocycles. The first-order chi connectivity index (χ1) is 16.6. The van der Waals surface area contributed by atoms with E-state index in [1.54, 1.807) is 24.3 Å². The molecule has 186 valence electrons. The van der Waals surface area contributed by atoms with Crippen LogP contribution in [0, 0.1) is 0 Å². The minimum absolute atomic E-state index is 0. The van der Waals surface area contributed by atoms with Gasteiger partial charge in [0.2, 0.25) is 0 Å². The van der Waals surface area contributed by atoms with E-state index in [-0.39, 0.29) is 24.5 Å². The lowest BCUT2D eigenvalue weighted by molar-refractivity contribution is -0.908. The van der Waals surface area contributed by atoms with Gasteiger partial charge in [-0.25, -0.2) is 4.79 Å². The van der Waals surface area contributed by atoms with Gasteiger partial charge in [0.05, 0.1) is 30.7 Å². The zero-order valence-electron chi connectivity index (χ0n) is 20.3. The van der Waals surface area contributed by atoms with Crippen LogP contribution in [0.25, 0.3) is 0 Å². The largest absolute Gasteiger partial charge is 1.00 e. The average molecular weight is 495 g/mol. The average Bonchev–Trinajstić information content (AvgIpc) is 2.90. The monoisotopic (exact) mass is 494 g/mol. The number of nitrogens with two attached hydrogens (primary N) is 1. The number of morpholine rings is 1. The maximum atomic E-state index is 13.3. The zero-order chi connectivity index (χ0) is 23.8. The van der Waals surface area contributed by atoms with Crippen molar-refractivity contribution in [1.82, 2.24) is 0 Å². The molecule has 1 heterocycles. The second kappa shape index (κ2) is 12.7. The van der Waals surface area contributed by atoms with Crippen LogP contribution in [0.2, 0.25) is 0 Å². The number of esters is 1. The highest BCUT2D eigenvalue weighted by Gasteiger charge is 2.44. The van der Waals surface area contributed by atoms with Gasteiger partial charge in [-0.1, -0.05) is 67.6 Å². The molecule has 1 aliphatic heterocycles. The van der Waals surface area contributed by atoms with Gasteiger partial charge >= 0.3 is 5.97 Å². The number of quaternary nitrogens is 1. The van der Waals surface area contributed by atoms with Crippen molar-refractivity contribution < 1.29 is 31.6 Å². The van der Waals surface area contributed by atoms with E-state index in [0.717, 1.165) is 39.3 Å². The highest BCUT2D eigenvalue weighted by molar-refractivity contribution is 5.90. The Hall–Kier alpha value is -2.86. The van der Waals surface area contributed by atoms with Crippen molar-refractivity contribution in [2.75, 3.05) is 38.6 Å². The van der Waals surface area contributed by atoms with E-state index >= 15 is 0 Å². The standard InChI is InChI=1S/C29H34N2O3.ClH/c1-2-27(34-28(32)23-13-15-26(30)16-14-23)29(24-9-5-3-6-10-24,25-11-7-4-8-12-25)17-18-31-19-21-33-22-20-31;/h3-16,27H,2,17-22,30H2,1H3;1H. The number of nitrogens with one attached hydrogen (secondary N) is 1. The van der Waals surface area contributed by atoms with Crippen molar-refractivity contribution in [2.24, 2.45) is 0 Å². The van der Waals surface area contributed by atoms with Crippen LogP contribution >= 0.6 is 0 Å². The van der Waals surface area contributed by atoms with Gasteiger partial charge in [0.15, 0.2) is 0 Å². The smallest absolute Gasteiger partial charge is 0.338 e. The number of nitrogen functional groups attached to an aromatic ring is 1. The van der Waals surface area contributed by atoms with Gasteiger partial charge < -0.3 is 32.5 Å². The highest BCUT2D eigenvalue weighted by Crippen LogP contribution is 2.41. The molecule has 3 N–H and O–H groups in total. The Morgan fingerprint density at radius 3 is 2.00 bits per heavy atom. The number of carbonyl (C=O) groups is 1. The second-order valence-corrected chi connectivity index (χ2v) is 8.99. The van der Waals surface area contributed by atoms with Crippen LogP contribution in [0.15, 0.2) is 84.9 Å². The Balaban J connectivity index is 0.00000342. The first-order valence-corrected chi connectivity index (χ1v) is 12.2. The van der Waals surface area contributed by atoms with Crippen LogP contribution in [-0.4, -0.2) is 44.9 Å². The van der Waals surface area contributed by atoms with Crippen molar-refractivity contribution in [3.63, 3.8) is 0 Å². The van der Waals surface area contributed by atoms with Gasteiger partial charge in [0.25, 0.3) is 0 Å². The minimum atomic E-state index is -0.466. The van der Waals surface area contributed by atoms with E-state index in [1.165, 1.54) is 16.0 Å². The molecule has 0 aliphatic carbocycles. The number of benzene rings is 3. The molecule has 0 radical (unpaired) electrons. The summed E-state index contributed by atoms with van der Waals surface area (Å²) >= 11 is 0. The van der Waals surface area contributed by atoms with Crippen LogP contribution in [-0.2, 0) is 14.9 Å². The first-order valence-electron chi connectivity index (χ1n) is 12.2. The normalized spacial score (nSPS) is 15.1. The lowest BCUT2D eigenvalue weighted by Gasteiger charge is -2.42. The molecule has 0 amide bonds. The highest BCUT2D eigenvalue weighted by atomic mass is 35.5. The van der Waals surface area contributed by atoms with Crippen LogP contribution < -0.4 is 23.0 Å². The molecule has 1 fully saturated rings. The Morgan fingerprint density at radius 2 is 1.49 bits per heavy atom. The predicted molar refractivity (Wildman–Crippen MR) is 135 cm³/mol. The minimum Gasteiger partial charge on any atom is -1.00 e. The van der Waals surface area contributed by atoms with E-state index < -0.39 is 5.41 Å². The van der Waals surface area contributed by atoms with Crippen LogP contribution in [0.5, 0.6) is 0 Å². The number of hydrogen-bond acceptors (Lipinski definition) is 4. The quantitative estimate of drug-likeness (QED) is 0.336. The van der Waals surface area contributed by atoms with E-state index in [0.29, 0.717) is 17.7 Å². The molecule has 1 atom stereocenters. The Kier molecular flexibility index (Phi) is 9.73. The van der Waals surface area contributed by atoms with Crippen LogP contribution in [0.3, 0.4) is 0 Å². The maximum Gasteiger partial charge on any atom is 0.338 e. The predicted octanol–water partition coefficient (Wildman–Crippen LogP) is 0.500. The molecule has 6 heteroatoms. The molecule has 3 aromatic rings. The number of carbonyl (C=O) groups excluding carboxylic acids is 1. The third-order valence-corrected chi connectivity index (χ3v) is 6.97. The summed E-state index contributed by atoms with van der Waals surface area (Å²) in [6.07, 6.45) is 1.23. The second-order valence-electron chi connectivity index (χ2n) is 8.99. The molecule has 0 aromatic heterocycles. The summed E-state index contributed by atoms with van der Waals surface area (Å²) in [6, 6.07) is 28.0. The SMILES string of the molecule is CCC(OC(=O)c1ccc(N)cc1)C(CC[NH+]1CCOCC1)(c1ccccc1)c1ccccc1.[Cl-]. The lowest BCUT2D eigenvalue weighted by Crippen LogP contribution is -3.14. The molecule has 1 saturated heterocycles. The Bertz CT molecular complexity index is 999. The van der Waals surface area contributed by atoms with E-state index in [9.17, 15) is 4.79 Å². The molecule has 3 aromatic carbocycles. The molecule has 1 aliphatic rings. The fraction of sp³-hybridized carbons (Fsp3) is 0.345. The van der Waals surface area contributed by atoms with Crippen molar-refractivity contribution in [3.05, 3.63) is 102 Å². The molecular weight excluding hydrogens is 460 g/mol. The van der Waals surface area contributed by atoms with Gasteiger partial charge in [0, 0.05) is 12.1 Å². The molecule has 5 nitrogen and oxygen atoms in total. The number of hydrogen-bond donors (Lipinski definition) is 2. The number of ether oxygens (including phenoxy) is 2. The third-order valence-electron chi connectivity index (χ3n) is 6.97. The van der Waals surface area contributed by atoms with Crippen molar-refractivity contribution in [3.8, 4) is 0 Å². The molecular formula is C29H35ClN2O3. The summed E-state index contributed by atoms with van der Waals surface area (Å²) in [5, 5.41) is 0. The fourth-order valence-corrected chi connectivity index (χ4v) is 5.09. The van der Waals surface area contributed by atoms with Gasteiger partial charge in [0.1, 0.15) is 19.2 Å². The molecule has 1 unspecified atom stereocenters. The summed E-state index contributed by atoms with van der Waals surface area (Å²) in [5.74, 6) is -0.318. The number of halogens is 1. The summed E-state index contributed by atoms with van der Waals surface area (Å²) in [5.41, 5.74) is 8.84. The van der Waals surface area contributed by atoms with Crippen LogP contribution in [0.1, 0.15) is 41.3 Å². The summed E-state index contributed by atoms with van der Waals surface area (Å²) in [7, 11) is 0. The Morgan fingerprint density at radius 1 is 0.943 bits per heavy atom. The molecule has 4 rings (SSSR count). The van der Waals surface area contributed by atoms with Gasteiger partial charge in [-0.05, 0) is 41.8 Å². The maximum absolute atomic E-state index is 13.3. The van der Waals surface area contributed by atoms with Crippen LogP contribution in [0.4, 0.5) is 5.69 Å². The first kappa shape index (κ1) is 26.7. The Labute approximate surface area is 214 Å². The van der Waals surface area contributed by atoms with Crippen molar-refractivity contribution in [1.29, 1.82) is 0 Å². The number of rotatable bonds is 9. The van der Waals surface area contributed by atoms with Gasteiger partial charge in [-0.2, -0.15) is 0 Å². The van der Waals surface area contributed by atoms with Gasteiger partial charge in [-0.3, -0.25) is 0 Å². The summed E-state index contributed by atoms with van der Waals surface area (Å²) in [6.45, 7) is 6.67. The summed E-state index contributed by atoms with van der Waals surface area (Å²) in [4.78, 5) is 14.8. The number of anilines is 1. The van der Waals surface area contributed by atoms with E-state index in [1.807, 2.05) is 12.1 Å². The van der Waals surface area contributed by atoms with E-state index in [4.69, 9.17) is 15.2 Å². The summed E-state index contributed by atoms with van der Waals surface area (Å²) < 4.78 is 11.9. The van der Waals surface area contributed by atoms with E-state index in [2.05, 4.69) is 55.5 Å². The third kappa shape index (κ3) is 6.23. The molecule has 0 spiro atoms.